The standard InChI is InChI=1S/C7H11BO4/c1-10-2-4-7(9)3-11-5(7)6(8)12-4/h4-6,9H,2-3H2,1H3. The van der Waals surface area contributed by atoms with E-state index in [9.17, 15) is 5.11 Å². The van der Waals surface area contributed by atoms with Crippen molar-refractivity contribution < 1.29 is 19.3 Å². The molecule has 2 saturated heterocycles. The van der Waals surface area contributed by atoms with Crippen molar-refractivity contribution in [1.82, 2.24) is 0 Å². The molecule has 0 aromatic heterocycles. The normalized spacial score (nSPS) is 51.7. The maximum atomic E-state index is 9.90. The van der Waals surface area contributed by atoms with Crippen molar-refractivity contribution in [2.75, 3.05) is 20.3 Å². The van der Waals surface area contributed by atoms with Crippen molar-refractivity contribution in [3.8, 4) is 0 Å². The lowest BCUT2D eigenvalue weighted by atomic mass is 9.81. The molecule has 0 bridgehead atoms. The van der Waals surface area contributed by atoms with Crippen molar-refractivity contribution in [2.24, 2.45) is 0 Å². The number of methoxy groups -OCH3 is 1. The van der Waals surface area contributed by atoms with Gasteiger partial charge in [-0.25, -0.2) is 0 Å². The Kier molecular flexibility index (Phi) is 1.91. The lowest BCUT2D eigenvalue weighted by Crippen LogP contribution is -2.63. The van der Waals surface area contributed by atoms with Gasteiger partial charge in [0, 0.05) is 13.1 Å². The molecule has 5 heteroatoms. The lowest BCUT2D eigenvalue weighted by molar-refractivity contribution is -0.230. The molecule has 2 aliphatic rings. The summed E-state index contributed by atoms with van der Waals surface area (Å²) in [6.07, 6.45) is -0.728. The third kappa shape index (κ3) is 0.940. The number of aliphatic hydroxyl groups is 1. The van der Waals surface area contributed by atoms with Crippen LogP contribution in [0.3, 0.4) is 0 Å². The fourth-order valence-corrected chi connectivity index (χ4v) is 1.72. The zero-order valence-electron chi connectivity index (χ0n) is 6.90. The van der Waals surface area contributed by atoms with E-state index in [1.54, 1.807) is 7.11 Å². The minimum absolute atomic E-state index is 0.291. The van der Waals surface area contributed by atoms with Gasteiger partial charge in [-0.05, 0) is 0 Å². The number of ether oxygens (including phenoxy) is 3. The Morgan fingerprint density at radius 3 is 2.92 bits per heavy atom. The van der Waals surface area contributed by atoms with Crippen LogP contribution >= 0.6 is 0 Å². The van der Waals surface area contributed by atoms with Gasteiger partial charge in [0.25, 0.3) is 0 Å². The summed E-state index contributed by atoms with van der Waals surface area (Å²) in [4.78, 5) is 0. The van der Waals surface area contributed by atoms with E-state index < -0.39 is 11.6 Å². The summed E-state index contributed by atoms with van der Waals surface area (Å²) in [5, 5.41) is 9.90. The van der Waals surface area contributed by atoms with Gasteiger partial charge < -0.3 is 19.3 Å². The first-order valence-electron chi connectivity index (χ1n) is 3.92. The summed E-state index contributed by atoms with van der Waals surface area (Å²) in [6.45, 7) is 0.642. The van der Waals surface area contributed by atoms with Crippen molar-refractivity contribution in [3.63, 3.8) is 0 Å². The van der Waals surface area contributed by atoms with Crippen LogP contribution in [0.15, 0.2) is 0 Å². The lowest BCUT2D eigenvalue weighted by Gasteiger charge is -2.42. The van der Waals surface area contributed by atoms with Crippen molar-refractivity contribution in [2.45, 2.75) is 23.8 Å². The summed E-state index contributed by atoms with van der Waals surface area (Å²) in [5.41, 5.74) is -0.921. The van der Waals surface area contributed by atoms with Crippen molar-refractivity contribution in [1.29, 1.82) is 0 Å². The predicted octanol–water partition coefficient (Wildman–Crippen LogP) is -1.34. The summed E-state index contributed by atoms with van der Waals surface area (Å²) >= 11 is 0. The molecule has 0 aliphatic carbocycles. The summed E-state index contributed by atoms with van der Waals surface area (Å²) < 4.78 is 15.3. The quantitative estimate of drug-likeness (QED) is 0.521. The van der Waals surface area contributed by atoms with Gasteiger partial charge in [0.05, 0.1) is 13.2 Å². The number of fused-ring (bicyclic) bond motifs is 1. The number of hydrogen-bond acceptors (Lipinski definition) is 4. The van der Waals surface area contributed by atoms with E-state index in [2.05, 4.69) is 0 Å². The molecule has 0 aromatic rings. The molecule has 2 radical (unpaired) electrons. The smallest absolute Gasteiger partial charge is 0.144 e. The molecule has 2 fully saturated rings. The zero-order valence-corrected chi connectivity index (χ0v) is 6.90. The third-order valence-electron chi connectivity index (χ3n) is 2.48. The molecule has 0 amide bonds. The molecule has 4 unspecified atom stereocenters. The van der Waals surface area contributed by atoms with Gasteiger partial charge in [-0.1, -0.05) is 0 Å². The Hall–Kier alpha value is -0.0951. The first-order chi connectivity index (χ1) is 5.68. The van der Waals surface area contributed by atoms with Crippen LogP contribution in [0.25, 0.3) is 0 Å². The van der Waals surface area contributed by atoms with Gasteiger partial charge in [0.2, 0.25) is 0 Å². The molecule has 2 aliphatic heterocycles. The van der Waals surface area contributed by atoms with Crippen LogP contribution in [0.5, 0.6) is 0 Å². The van der Waals surface area contributed by atoms with Crippen LogP contribution in [-0.4, -0.2) is 57.1 Å². The van der Waals surface area contributed by atoms with Crippen LogP contribution in [0, 0.1) is 0 Å². The topological polar surface area (TPSA) is 47.9 Å². The molecule has 4 atom stereocenters. The molecular weight excluding hydrogens is 159 g/mol. The summed E-state index contributed by atoms with van der Waals surface area (Å²) in [7, 11) is 7.12. The Morgan fingerprint density at radius 2 is 2.50 bits per heavy atom. The van der Waals surface area contributed by atoms with Gasteiger partial charge in [-0.2, -0.15) is 0 Å². The SMILES string of the molecule is [B]C1OC(COC)C2(O)COC12. The zero-order chi connectivity index (χ0) is 8.77. The van der Waals surface area contributed by atoms with Crippen LogP contribution in [0.4, 0.5) is 0 Å². The minimum Gasteiger partial charge on any atom is -0.382 e. The molecule has 4 nitrogen and oxygen atoms in total. The van der Waals surface area contributed by atoms with Crippen LogP contribution in [0.2, 0.25) is 0 Å². The van der Waals surface area contributed by atoms with Gasteiger partial charge in [-0.3, -0.25) is 0 Å². The predicted molar refractivity (Wildman–Crippen MR) is 41.0 cm³/mol. The highest BCUT2D eigenvalue weighted by Gasteiger charge is 2.61. The molecule has 0 saturated carbocycles. The van der Waals surface area contributed by atoms with Gasteiger partial charge >= 0.3 is 0 Å². The van der Waals surface area contributed by atoms with Crippen LogP contribution in [-0.2, 0) is 14.2 Å². The first-order valence-corrected chi connectivity index (χ1v) is 3.92. The van der Waals surface area contributed by atoms with E-state index in [1.165, 1.54) is 0 Å². The molecule has 1 N–H and O–H groups in total. The molecule has 0 aromatic carbocycles. The fourth-order valence-electron chi connectivity index (χ4n) is 1.72. The molecule has 0 spiro atoms. The molecule has 12 heavy (non-hydrogen) atoms. The van der Waals surface area contributed by atoms with Crippen LogP contribution < -0.4 is 0 Å². The van der Waals surface area contributed by atoms with Crippen molar-refractivity contribution >= 4 is 7.85 Å². The average Bonchev–Trinajstić information content (AvgIpc) is 2.13. The average molecular weight is 170 g/mol. The Morgan fingerprint density at radius 1 is 1.75 bits per heavy atom. The number of rotatable bonds is 2. The van der Waals surface area contributed by atoms with Crippen molar-refractivity contribution in [3.05, 3.63) is 0 Å². The Bertz CT molecular complexity index is 188. The van der Waals surface area contributed by atoms with Gasteiger partial charge in [0.15, 0.2) is 0 Å². The highest BCUT2D eigenvalue weighted by Crippen LogP contribution is 2.39. The van der Waals surface area contributed by atoms with E-state index in [0.29, 0.717) is 13.2 Å². The molecule has 2 rings (SSSR count). The molecule has 2 heterocycles. The monoisotopic (exact) mass is 170 g/mol. The summed E-state index contributed by atoms with van der Waals surface area (Å²) in [6, 6.07) is -0.524. The van der Waals surface area contributed by atoms with E-state index in [4.69, 9.17) is 22.1 Å². The molecule has 66 valence electrons. The second kappa shape index (κ2) is 2.70. The molecular formula is C7H11BO4. The minimum atomic E-state index is -0.921. The van der Waals surface area contributed by atoms with Crippen LogP contribution in [0.1, 0.15) is 0 Å². The van der Waals surface area contributed by atoms with E-state index in [0.717, 1.165) is 0 Å². The Labute approximate surface area is 72.2 Å². The maximum Gasteiger partial charge on any atom is 0.144 e. The highest BCUT2D eigenvalue weighted by atomic mass is 16.6. The van der Waals surface area contributed by atoms with E-state index in [-0.39, 0.29) is 12.2 Å². The number of hydrogen-bond donors (Lipinski definition) is 1. The fraction of sp³-hybridized carbons (Fsp3) is 1.00. The largest absolute Gasteiger partial charge is 0.382 e. The van der Waals surface area contributed by atoms with Gasteiger partial charge in [-0.15, -0.1) is 0 Å². The first kappa shape index (κ1) is 8.50. The third-order valence-corrected chi connectivity index (χ3v) is 2.48. The second-order valence-electron chi connectivity index (χ2n) is 3.27. The van der Waals surface area contributed by atoms with E-state index >= 15 is 0 Å². The second-order valence-corrected chi connectivity index (χ2v) is 3.27. The van der Waals surface area contributed by atoms with E-state index in [1.807, 2.05) is 0 Å². The Balaban J connectivity index is 2.07. The summed E-state index contributed by atoms with van der Waals surface area (Å²) in [5.74, 6) is 0. The highest BCUT2D eigenvalue weighted by molar-refractivity contribution is 6.11. The maximum absolute atomic E-state index is 9.90. The van der Waals surface area contributed by atoms with Gasteiger partial charge in [0.1, 0.15) is 25.7 Å².